The number of H-pyrrole nitrogens is 1. The molecule has 126 valence electrons. The quantitative estimate of drug-likeness (QED) is 0.329. The van der Waals surface area contributed by atoms with Crippen LogP contribution in [0.5, 0.6) is 5.75 Å². The molecule has 1 N–H and O–H groups in total. The van der Waals surface area contributed by atoms with E-state index in [9.17, 15) is 9.59 Å². The third-order valence-electron chi connectivity index (χ3n) is 3.15. The third kappa shape index (κ3) is 3.95. The predicted octanol–water partition coefficient (Wildman–Crippen LogP) is 2.77. The highest BCUT2D eigenvalue weighted by molar-refractivity contribution is 7.71. The minimum absolute atomic E-state index is 0.105. The molecule has 0 aliphatic heterocycles. The molecule has 2 aromatic heterocycles. The molecule has 0 saturated heterocycles. The number of aromatic amines is 1. The van der Waals surface area contributed by atoms with Crippen LogP contribution in [0.2, 0.25) is 0 Å². The van der Waals surface area contributed by atoms with E-state index < -0.39 is 5.97 Å². The Morgan fingerprint density at radius 2 is 2.12 bits per heavy atom. The van der Waals surface area contributed by atoms with Crippen LogP contribution in [0.4, 0.5) is 0 Å². The molecule has 0 aliphatic rings. The average Bonchev–Trinajstić information content (AvgIpc) is 3.14. The molecule has 0 spiro atoms. The van der Waals surface area contributed by atoms with Gasteiger partial charge in [0, 0.05) is 0 Å². The Morgan fingerprint density at radius 3 is 2.80 bits per heavy atom. The van der Waals surface area contributed by atoms with Gasteiger partial charge in [-0.1, -0.05) is 6.07 Å². The van der Waals surface area contributed by atoms with Gasteiger partial charge in [0.2, 0.25) is 4.77 Å². The number of aromatic nitrogens is 3. The van der Waals surface area contributed by atoms with Gasteiger partial charge in [0.15, 0.2) is 0 Å². The van der Waals surface area contributed by atoms with Crippen molar-refractivity contribution in [1.29, 1.82) is 0 Å². The fourth-order valence-electron chi connectivity index (χ4n) is 1.88. The van der Waals surface area contributed by atoms with E-state index in [4.69, 9.17) is 17.0 Å². The number of carbonyl (C=O) groups excluding carboxylic acids is 1. The number of rotatable bonds is 4. The zero-order valence-electron chi connectivity index (χ0n) is 13.0. The molecule has 0 saturated carbocycles. The van der Waals surface area contributed by atoms with Gasteiger partial charge in [-0.05, 0) is 60.4 Å². The lowest BCUT2D eigenvalue weighted by atomic mass is 10.2. The number of esters is 1. The molecular weight excluding hydrogens is 360 g/mol. The summed E-state index contributed by atoms with van der Waals surface area (Å²) in [5.41, 5.74) is 0.592. The maximum absolute atomic E-state index is 11.9. The number of hydrogen-bond donors (Lipinski definition) is 1. The first-order chi connectivity index (χ1) is 12.0. The first-order valence-electron chi connectivity index (χ1n) is 7.13. The Bertz CT molecular complexity index is 1030. The molecule has 0 aliphatic carbocycles. The number of ether oxygens (including phenoxy) is 1. The van der Waals surface area contributed by atoms with Gasteiger partial charge in [-0.15, -0.1) is 11.3 Å². The second kappa shape index (κ2) is 7.32. The van der Waals surface area contributed by atoms with Crippen LogP contribution in [0, 0.1) is 11.7 Å². The van der Waals surface area contributed by atoms with Crippen molar-refractivity contribution in [1.82, 2.24) is 14.9 Å². The molecule has 0 amide bonds. The van der Waals surface area contributed by atoms with E-state index in [0.717, 1.165) is 4.68 Å². The standard InChI is InChI=1S/C16H12N4O3S2/c1-10-14(21)20(16(24)19-18-10)17-9-11-4-6-12(7-5-11)23-15(22)13-3-2-8-25-13/h2-9H,1H3,(H,19,24)/b17-9-. The molecule has 25 heavy (non-hydrogen) atoms. The molecule has 0 radical (unpaired) electrons. The molecule has 0 atom stereocenters. The van der Waals surface area contributed by atoms with Gasteiger partial charge >= 0.3 is 5.97 Å². The zero-order valence-corrected chi connectivity index (χ0v) is 14.6. The maximum Gasteiger partial charge on any atom is 0.353 e. The fourth-order valence-corrected chi connectivity index (χ4v) is 2.65. The predicted molar refractivity (Wildman–Crippen MR) is 97.1 cm³/mol. The highest BCUT2D eigenvalue weighted by atomic mass is 32.1. The normalized spacial score (nSPS) is 10.9. The van der Waals surface area contributed by atoms with E-state index in [-0.39, 0.29) is 16.0 Å². The van der Waals surface area contributed by atoms with E-state index in [0.29, 0.717) is 16.2 Å². The Hall–Kier alpha value is -2.91. The Labute approximate surface area is 151 Å². The van der Waals surface area contributed by atoms with E-state index in [1.807, 2.05) is 5.38 Å². The molecule has 0 bridgehead atoms. The van der Waals surface area contributed by atoms with Crippen molar-refractivity contribution in [3.63, 3.8) is 0 Å². The largest absolute Gasteiger partial charge is 0.422 e. The van der Waals surface area contributed by atoms with Crippen LogP contribution >= 0.6 is 23.6 Å². The number of carbonyl (C=O) groups is 1. The minimum atomic E-state index is -0.401. The number of hydrogen-bond acceptors (Lipinski definition) is 7. The van der Waals surface area contributed by atoms with E-state index in [2.05, 4.69) is 15.3 Å². The van der Waals surface area contributed by atoms with Gasteiger partial charge in [0.1, 0.15) is 16.3 Å². The summed E-state index contributed by atoms with van der Waals surface area (Å²) in [4.78, 5) is 24.4. The summed E-state index contributed by atoms with van der Waals surface area (Å²) >= 11 is 6.31. The van der Waals surface area contributed by atoms with Crippen LogP contribution in [0.1, 0.15) is 20.9 Å². The average molecular weight is 372 g/mol. The number of nitrogens with one attached hydrogen (secondary N) is 1. The van der Waals surface area contributed by atoms with Gasteiger partial charge in [0.25, 0.3) is 5.56 Å². The molecule has 0 fully saturated rings. The van der Waals surface area contributed by atoms with Crippen LogP contribution in [0.15, 0.2) is 51.7 Å². The van der Waals surface area contributed by atoms with Crippen molar-refractivity contribution in [2.24, 2.45) is 5.10 Å². The topological polar surface area (TPSA) is 89.3 Å². The van der Waals surface area contributed by atoms with Crippen molar-refractivity contribution in [3.8, 4) is 5.75 Å². The Morgan fingerprint density at radius 1 is 1.36 bits per heavy atom. The number of benzene rings is 1. The summed E-state index contributed by atoms with van der Waals surface area (Å²) in [5.74, 6) is 0.0197. The molecule has 7 nitrogen and oxygen atoms in total. The lowest BCUT2D eigenvalue weighted by Crippen LogP contribution is -2.22. The summed E-state index contributed by atoms with van der Waals surface area (Å²) in [5, 5.41) is 12.2. The number of aryl methyl sites for hydroxylation is 1. The van der Waals surface area contributed by atoms with E-state index in [1.54, 1.807) is 43.3 Å². The van der Waals surface area contributed by atoms with Gasteiger partial charge in [-0.25, -0.2) is 4.79 Å². The maximum atomic E-state index is 11.9. The molecular formula is C16H12N4O3S2. The summed E-state index contributed by atoms with van der Waals surface area (Å²) < 4.78 is 6.44. The SMILES string of the molecule is Cc1n[nH]c(=S)n(/N=C\c2ccc(OC(=O)c3cccs3)cc2)c1=O. The lowest BCUT2D eigenvalue weighted by Gasteiger charge is -2.03. The van der Waals surface area contributed by atoms with Crippen molar-refractivity contribution < 1.29 is 9.53 Å². The van der Waals surface area contributed by atoms with Crippen molar-refractivity contribution in [2.75, 3.05) is 0 Å². The van der Waals surface area contributed by atoms with Gasteiger partial charge in [0.05, 0.1) is 6.21 Å². The van der Waals surface area contributed by atoms with Crippen LogP contribution in [-0.2, 0) is 0 Å². The van der Waals surface area contributed by atoms with Crippen LogP contribution < -0.4 is 10.3 Å². The van der Waals surface area contributed by atoms with Gasteiger partial charge in [-0.2, -0.15) is 14.9 Å². The third-order valence-corrected chi connectivity index (χ3v) is 4.26. The van der Waals surface area contributed by atoms with E-state index in [1.165, 1.54) is 17.6 Å². The molecule has 1 aromatic carbocycles. The first kappa shape index (κ1) is 16.9. The van der Waals surface area contributed by atoms with Gasteiger partial charge < -0.3 is 4.74 Å². The highest BCUT2D eigenvalue weighted by Crippen LogP contribution is 2.16. The van der Waals surface area contributed by atoms with Crippen LogP contribution in [0.3, 0.4) is 0 Å². The second-order valence-electron chi connectivity index (χ2n) is 4.91. The monoisotopic (exact) mass is 372 g/mol. The van der Waals surface area contributed by atoms with Crippen LogP contribution in [0.25, 0.3) is 0 Å². The first-order valence-corrected chi connectivity index (χ1v) is 8.42. The highest BCUT2D eigenvalue weighted by Gasteiger charge is 2.09. The molecule has 2 heterocycles. The smallest absolute Gasteiger partial charge is 0.353 e. The van der Waals surface area contributed by atoms with E-state index >= 15 is 0 Å². The molecule has 0 unspecified atom stereocenters. The minimum Gasteiger partial charge on any atom is -0.422 e. The van der Waals surface area contributed by atoms with Crippen molar-refractivity contribution in [3.05, 3.63) is 73.0 Å². The number of nitrogens with zero attached hydrogens (tertiary/aromatic N) is 3. The Kier molecular flexibility index (Phi) is 4.96. The lowest BCUT2D eigenvalue weighted by molar-refractivity contribution is 0.0740. The zero-order chi connectivity index (χ0) is 17.8. The van der Waals surface area contributed by atoms with Crippen molar-refractivity contribution >= 4 is 35.7 Å². The molecule has 9 heteroatoms. The summed E-state index contributed by atoms with van der Waals surface area (Å²) in [6.45, 7) is 1.57. The van der Waals surface area contributed by atoms with Crippen LogP contribution in [-0.4, -0.2) is 27.1 Å². The fraction of sp³-hybridized carbons (Fsp3) is 0.0625. The second-order valence-corrected chi connectivity index (χ2v) is 6.25. The van der Waals surface area contributed by atoms with Gasteiger partial charge in [-0.3, -0.25) is 9.89 Å². The number of thiophene rings is 1. The Balaban J connectivity index is 1.75. The molecule has 3 rings (SSSR count). The summed E-state index contributed by atoms with van der Waals surface area (Å²) in [6, 6.07) is 10.2. The summed E-state index contributed by atoms with van der Waals surface area (Å²) in [6.07, 6.45) is 1.48. The van der Waals surface area contributed by atoms with Crippen molar-refractivity contribution in [2.45, 2.75) is 6.92 Å². The summed E-state index contributed by atoms with van der Waals surface area (Å²) in [7, 11) is 0. The molecule has 3 aromatic rings.